The highest BCUT2D eigenvalue weighted by Gasteiger charge is 2.23. The van der Waals surface area contributed by atoms with E-state index in [2.05, 4.69) is 10.3 Å². The summed E-state index contributed by atoms with van der Waals surface area (Å²) in [6.45, 7) is 5.48. The lowest BCUT2D eigenvalue weighted by Gasteiger charge is -2.08. The SMILES string of the molecule is Cc1cc(C)c2c(N)c(C(=O)Nc3c(C)cccc3[N+](=O)[O-])sc2n1. The van der Waals surface area contributed by atoms with Crippen molar-refractivity contribution < 1.29 is 9.72 Å². The smallest absolute Gasteiger partial charge is 0.293 e. The first-order chi connectivity index (χ1) is 11.8. The van der Waals surface area contributed by atoms with Crippen LogP contribution in [0.4, 0.5) is 17.1 Å². The molecule has 25 heavy (non-hydrogen) atoms. The molecule has 0 atom stereocenters. The van der Waals surface area contributed by atoms with E-state index in [0.29, 0.717) is 21.0 Å². The molecule has 0 unspecified atom stereocenters. The highest BCUT2D eigenvalue weighted by Crippen LogP contribution is 2.36. The lowest BCUT2D eigenvalue weighted by atomic mass is 10.1. The molecule has 0 aliphatic heterocycles. The van der Waals surface area contributed by atoms with Gasteiger partial charge in [-0.3, -0.25) is 14.9 Å². The van der Waals surface area contributed by atoms with Crippen molar-refractivity contribution in [3.63, 3.8) is 0 Å². The van der Waals surface area contributed by atoms with Gasteiger partial charge in [0, 0.05) is 17.1 Å². The average Bonchev–Trinajstić information content (AvgIpc) is 2.85. The number of nitrogens with one attached hydrogen (secondary N) is 1. The number of hydrogen-bond donors (Lipinski definition) is 2. The molecular weight excluding hydrogens is 340 g/mol. The summed E-state index contributed by atoms with van der Waals surface area (Å²) >= 11 is 1.18. The summed E-state index contributed by atoms with van der Waals surface area (Å²) in [5.41, 5.74) is 8.91. The standard InChI is InChI=1S/C17H16N4O3S/c1-8-5-4-6-11(21(23)24)14(8)20-16(22)15-13(18)12-9(2)7-10(3)19-17(12)25-15/h4-7H,18H2,1-3H3,(H,20,22). The Hall–Kier alpha value is -3.00. The van der Waals surface area contributed by atoms with Crippen LogP contribution in [0.3, 0.4) is 0 Å². The van der Waals surface area contributed by atoms with Crippen LogP contribution in [-0.4, -0.2) is 15.8 Å². The van der Waals surface area contributed by atoms with E-state index in [0.717, 1.165) is 16.6 Å². The Balaban J connectivity index is 2.06. The Morgan fingerprint density at radius 2 is 2.00 bits per heavy atom. The van der Waals surface area contributed by atoms with Gasteiger partial charge in [0.1, 0.15) is 15.4 Å². The Bertz CT molecular complexity index is 1030. The van der Waals surface area contributed by atoms with Crippen molar-refractivity contribution in [2.24, 2.45) is 0 Å². The summed E-state index contributed by atoms with van der Waals surface area (Å²) in [5, 5.41) is 14.6. The predicted octanol–water partition coefficient (Wildman–Crippen LogP) is 3.96. The van der Waals surface area contributed by atoms with E-state index in [9.17, 15) is 14.9 Å². The van der Waals surface area contributed by atoms with Gasteiger partial charge in [-0.05, 0) is 38.0 Å². The molecule has 0 aliphatic rings. The summed E-state index contributed by atoms with van der Waals surface area (Å²) in [6, 6.07) is 6.53. The van der Waals surface area contributed by atoms with Crippen LogP contribution in [0.1, 0.15) is 26.5 Å². The Labute approximate surface area is 147 Å². The van der Waals surface area contributed by atoms with Crippen molar-refractivity contribution in [1.29, 1.82) is 0 Å². The van der Waals surface area contributed by atoms with Crippen molar-refractivity contribution in [2.45, 2.75) is 20.8 Å². The molecule has 3 rings (SSSR count). The van der Waals surface area contributed by atoms with E-state index in [-0.39, 0.29) is 11.4 Å². The molecule has 0 spiro atoms. The molecule has 1 aromatic carbocycles. The zero-order valence-corrected chi connectivity index (χ0v) is 14.7. The second kappa shape index (κ2) is 6.14. The molecule has 0 saturated carbocycles. The van der Waals surface area contributed by atoms with Crippen molar-refractivity contribution >= 4 is 44.5 Å². The molecule has 2 aromatic heterocycles. The minimum Gasteiger partial charge on any atom is -0.397 e. The number of nitro groups is 1. The number of fused-ring (bicyclic) bond motifs is 1. The third-order valence-electron chi connectivity index (χ3n) is 3.92. The number of aryl methyl sites for hydroxylation is 3. The number of nitrogens with zero attached hydrogens (tertiary/aromatic N) is 2. The van der Waals surface area contributed by atoms with Crippen LogP contribution >= 0.6 is 11.3 Å². The number of aromatic nitrogens is 1. The van der Waals surface area contributed by atoms with Crippen LogP contribution in [-0.2, 0) is 0 Å². The minimum atomic E-state index is -0.522. The van der Waals surface area contributed by atoms with Crippen LogP contribution in [0.2, 0.25) is 0 Å². The van der Waals surface area contributed by atoms with E-state index in [1.165, 1.54) is 17.4 Å². The monoisotopic (exact) mass is 356 g/mol. The molecular formula is C17H16N4O3S. The Kier molecular flexibility index (Phi) is 4.13. The summed E-state index contributed by atoms with van der Waals surface area (Å²) in [7, 11) is 0. The topological polar surface area (TPSA) is 111 Å². The average molecular weight is 356 g/mol. The van der Waals surface area contributed by atoms with Gasteiger partial charge in [-0.1, -0.05) is 12.1 Å². The van der Waals surface area contributed by atoms with E-state index in [1.54, 1.807) is 19.1 Å². The number of pyridine rings is 1. The molecule has 8 heteroatoms. The molecule has 3 N–H and O–H groups in total. The molecule has 3 aromatic rings. The highest BCUT2D eigenvalue weighted by atomic mass is 32.1. The second-order valence-electron chi connectivity index (χ2n) is 5.79. The maximum atomic E-state index is 12.7. The fourth-order valence-corrected chi connectivity index (χ4v) is 3.89. The van der Waals surface area contributed by atoms with E-state index < -0.39 is 10.8 Å². The van der Waals surface area contributed by atoms with Gasteiger partial charge in [0.15, 0.2) is 0 Å². The first kappa shape index (κ1) is 16.8. The van der Waals surface area contributed by atoms with Gasteiger partial charge in [-0.2, -0.15) is 0 Å². The van der Waals surface area contributed by atoms with E-state index >= 15 is 0 Å². The Morgan fingerprint density at radius 3 is 2.68 bits per heavy atom. The van der Waals surface area contributed by atoms with Gasteiger partial charge in [0.2, 0.25) is 0 Å². The van der Waals surface area contributed by atoms with Crippen LogP contribution in [0.5, 0.6) is 0 Å². The quantitative estimate of drug-likeness (QED) is 0.545. The third-order valence-corrected chi connectivity index (χ3v) is 5.01. The first-order valence-corrected chi connectivity index (χ1v) is 8.32. The van der Waals surface area contributed by atoms with Crippen molar-refractivity contribution in [1.82, 2.24) is 4.98 Å². The number of carbonyl (C=O) groups is 1. The van der Waals surface area contributed by atoms with Crippen LogP contribution in [0.15, 0.2) is 24.3 Å². The van der Waals surface area contributed by atoms with Crippen LogP contribution in [0, 0.1) is 30.9 Å². The molecule has 1 amide bonds. The molecule has 0 aliphatic carbocycles. The van der Waals surface area contributed by atoms with Crippen molar-refractivity contribution in [3.8, 4) is 0 Å². The molecule has 0 fully saturated rings. The van der Waals surface area contributed by atoms with E-state index in [4.69, 9.17) is 5.73 Å². The lowest BCUT2D eigenvalue weighted by molar-refractivity contribution is -0.383. The number of nitro benzene ring substituents is 1. The number of thiophene rings is 1. The normalized spacial score (nSPS) is 10.8. The largest absolute Gasteiger partial charge is 0.397 e. The molecule has 0 radical (unpaired) electrons. The summed E-state index contributed by atoms with van der Waals surface area (Å²) < 4.78 is 0. The number of carbonyl (C=O) groups excluding carboxylic acids is 1. The fraction of sp³-hybridized carbons (Fsp3) is 0.176. The molecule has 2 heterocycles. The van der Waals surface area contributed by atoms with Crippen LogP contribution < -0.4 is 11.1 Å². The first-order valence-electron chi connectivity index (χ1n) is 7.51. The van der Waals surface area contributed by atoms with Gasteiger partial charge in [0.25, 0.3) is 11.6 Å². The number of para-hydroxylation sites is 1. The molecule has 0 saturated heterocycles. The summed E-state index contributed by atoms with van der Waals surface area (Å²) in [5.74, 6) is -0.477. The van der Waals surface area contributed by atoms with Crippen molar-refractivity contribution in [2.75, 3.05) is 11.1 Å². The number of hydrogen-bond acceptors (Lipinski definition) is 6. The van der Waals surface area contributed by atoms with Gasteiger partial charge in [-0.15, -0.1) is 11.3 Å². The van der Waals surface area contributed by atoms with Gasteiger partial charge < -0.3 is 11.1 Å². The van der Waals surface area contributed by atoms with Crippen LogP contribution in [0.25, 0.3) is 10.2 Å². The third kappa shape index (κ3) is 2.91. The summed E-state index contributed by atoms with van der Waals surface area (Å²) in [6.07, 6.45) is 0. The van der Waals surface area contributed by atoms with Gasteiger partial charge in [0.05, 0.1) is 10.6 Å². The maximum Gasteiger partial charge on any atom is 0.293 e. The maximum absolute atomic E-state index is 12.7. The minimum absolute atomic E-state index is 0.154. The zero-order valence-electron chi connectivity index (χ0n) is 13.9. The number of anilines is 2. The number of nitrogens with two attached hydrogens (primary N) is 1. The van der Waals surface area contributed by atoms with Crippen molar-refractivity contribution in [3.05, 3.63) is 56.1 Å². The summed E-state index contributed by atoms with van der Waals surface area (Å²) in [4.78, 5) is 28.8. The zero-order chi connectivity index (χ0) is 18.3. The van der Waals surface area contributed by atoms with Gasteiger partial charge in [-0.25, -0.2) is 4.98 Å². The second-order valence-corrected chi connectivity index (χ2v) is 6.78. The predicted molar refractivity (Wildman–Crippen MR) is 99.3 cm³/mol. The number of rotatable bonds is 3. The lowest BCUT2D eigenvalue weighted by Crippen LogP contribution is -2.14. The number of amides is 1. The molecule has 0 bridgehead atoms. The number of benzene rings is 1. The fourth-order valence-electron chi connectivity index (χ4n) is 2.78. The molecule has 128 valence electrons. The Morgan fingerprint density at radius 1 is 1.28 bits per heavy atom. The van der Waals surface area contributed by atoms with Gasteiger partial charge >= 0.3 is 0 Å². The highest BCUT2D eigenvalue weighted by molar-refractivity contribution is 7.21. The number of nitrogen functional groups attached to an aromatic ring is 1. The molecule has 7 nitrogen and oxygen atoms in total. The van der Waals surface area contributed by atoms with E-state index in [1.807, 2.05) is 19.9 Å².